The van der Waals surface area contributed by atoms with E-state index in [1.807, 2.05) is 16.8 Å². The third-order valence-corrected chi connectivity index (χ3v) is 2.67. The van der Waals surface area contributed by atoms with Crippen LogP contribution in [0.25, 0.3) is 6.08 Å². The largest absolute Gasteiger partial charge is 0.321 e. The molecule has 0 fully saturated rings. The number of rotatable bonds is 3. The SMILES string of the molecule is O=C(/C=C/c1ccsc1)Nc1ccc(F)nc1. The van der Waals surface area contributed by atoms with Crippen LogP contribution in [0.5, 0.6) is 0 Å². The zero-order valence-corrected chi connectivity index (χ0v) is 9.58. The summed E-state index contributed by atoms with van der Waals surface area (Å²) in [4.78, 5) is 14.9. The monoisotopic (exact) mass is 248 g/mol. The maximum atomic E-state index is 12.5. The summed E-state index contributed by atoms with van der Waals surface area (Å²) in [5.41, 5.74) is 1.44. The van der Waals surface area contributed by atoms with E-state index in [9.17, 15) is 9.18 Å². The molecule has 1 amide bonds. The number of nitrogens with one attached hydrogen (secondary N) is 1. The van der Waals surface area contributed by atoms with Crippen molar-refractivity contribution in [2.24, 2.45) is 0 Å². The molecule has 1 N–H and O–H groups in total. The van der Waals surface area contributed by atoms with Gasteiger partial charge in [0.25, 0.3) is 0 Å². The highest BCUT2D eigenvalue weighted by atomic mass is 32.1. The third-order valence-electron chi connectivity index (χ3n) is 1.97. The summed E-state index contributed by atoms with van der Waals surface area (Å²) < 4.78 is 12.5. The zero-order valence-electron chi connectivity index (χ0n) is 8.76. The molecule has 3 nitrogen and oxygen atoms in total. The molecule has 0 aliphatic carbocycles. The summed E-state index contributed by atoms with van der Waals surface area (Å²) in [6.07, 6.45) is 4.40. The Bertz CT molecular complexity index is 520. The molecule has 0 aliphatic heterocycles. The van der Waals surface area contributed by atoms with Crippen molar-refractivity contribution in [1.82, 2.24) is 4.98 Å². The highest BCUT2D eigenvalue weighted by Crippen LogP contribution is 2.08. The molecule has 2 aromatic rings. The van der Waals surface area contributed by atoms with Crippen molar-refractivity contribution in [1.29, 1.82) is 0 Å². The average Bonchev–Trinajstić information content (AvgIpc) is 2.83. The van der Waals surface area contributed by atoms with E-state index < -0.39 is 5.95 Å². The topological polar surface area (TPSA) is 42.0 Å². The van der Waals surface area contributed by atoms with Gasteiger partial charge in [0.05, 0.1) is 11.9 Å². The van der Waals surface area contributed by atoms with Crippen LogP contribution in [0.15, 0.2) is 41.2 Å². The van der Waals surface area contributed by atoms with Crippen LogP contribution in [0.4, 0.5) is 10.1 Å². The lowest BCUT2D eigenvalue weighted by molar-refractivity contribution is -0.111. The zero-order chi connectivity index (χ0) is 12.1. The lowest BCUT2D eigenvalue weighted by Gasteiger charge is -2.00. The summed E-state index contributed by atoms with van der Waals surface area (Å²) in [5.74, 6) is -0.846. The number of nitrogens with zero attached hydrogens (tertiary/aromatic N) is 1. The Morgan fingerprint density at radius 1 is 1.41 bits per heavy atom. The van der Waals surface area contributed by atoms with E-state index in [2.05, 4.69) is 10.3 Å². The number of anilines is 1. The molecule has 0 aromatic carbocycles. The first-order valence-corrected chi connectivity index (χ1v) is 5.81. The minimum atomic E-state index is -0.572. The number of hydrogen-bond donors (Lipinski definition) is 1. The lowest BCUT2D eigenvalue weighted by Crippen LogP contribution is -2.07. The molecule has 5 heteroatoms. The average molecular weight is 248 g/mol. The van der Waals surface area contributed by atoms with Gasteiger partial charge in [-0.2, -0.15) is 15.7 Å². The second-order valence-electron chi connectivity index (χ2n) is 3.25. The fraction of sp³-hybridized carbons (Fsp3) is 0. The van der Waals surface area contributed by atoms with Gasteiger partial charge in [-0.3, -0.25) is 4.79 Å². The van der Waals surface area contributed by atoms with Gasteiger partial charge in [-0.15, -0.1) is 0 Å². The Balaban J connectivity index is 1.95. The second-order valence-corrected chi connectivity index (χ2v) is 4.03. The van der Waals surface area contributed by atoms with Crippen LogP contribution in [0.2, 0.25) is 0 Å². The van der Waals surface area contributed by atoms with Gasteiger partial charge in [-0.25, -0.2) is 4.98 Å². The molecular weight excluding hydrogens is 239 g/mol. The molecule has 2 heterocycles. The van der Waals surface area contributed by atoms with Gasteiger partial charge in [-0.1, -0.05) is 0 Å². The van der Waals surface area contributed by atoms with Crippen LogP contribution in [-0.2, 0) is 4.79 Å². The molecule has 0 radical (unpaired) electrons. The Hall–Kier alpha value is -2.01. The Kier molecular flexibility index (Phi) is 3.62. The van der Waals surface area contributed by atoms with Crippen molar-refractivity contribution in [2.45, 2.75) is 0 Å². The van der Waals surface area contributed by atoms with Gasteiger partial charge in [0, 0.05) is 6.08 Å². The minimum Gasteiger partial charge on any atom is -0.321 e. The molecule has 0 bridgehead atoms. The van der Waals surface area contributed by atoms with E-state index in [1.54, 1.807) is 17.4 Å². The van der Waals surface area contributed by atoms with E-state index in [1.165, 1.54) is 24.4 Å². The smallest absolute Gasteiger partial charge is 0.248 e. The van der Waals surface area contributed by atoms with Crippen molar-refractivity contribution < 1.29 is 9.18 Å². The quantitative estimate of drug-likeness (QED) is 0.670. The highest BCUT2D eigenvalue weighted by Gasteiger charge is 1.98. The minimum absolute atomic E-state index is 0.274. The van der Waals surface area contributed by atoms with Gasteiger partial charge in [0.15, 0.2) is 0 Å². The van der Waals surface area contributed by atoms with E-state index >= 15 is 0 Å². The van der Waals surface area contributed by atoms with Crippen LogP contribution in [0, 0.1) is 5.95 Å². The Labute approximate surface area is 102 Å². The number of halogens is 1. The molecule has 0 saturated carbocycles. The summed E-state index contributed by atoms with van der Waals surface area (Å²) in [6.45, 7) is 0. The van der Waals surface area contributed by atoms with Crippen molar-refractivity contribution in [3.8, 4) is 0 Å². The molecule has 86 valence electrons. The van der Waals surface area contributed by atoms with Gasteiger partial charge in [-0.05, 0) is 40.6 Å². The van der Waals surface area contributed by atoms with Crippen LogP contribution >= 0.6 is 11.3 Å². The molecule has 17 heavy (non-hydrogen) atoms. The second kappa shape index (κ2) is 5.36. The van der Waals surface area contributed by atoms with Crippen molar-refractivity contribution >= 4 is 29.0 Å². The van der Waals surface area contributed by atoms with E-state index in [0.29, 0.717) is 5.69 Å². The maximum Gasteiger partial charge on any atom is 0.248 e. The number of hydrogen-bond acceptors (Lipinski definition) is 3. The Morgan fingerprint density at radius 2 is 2.29 bits per heavy atom. The molecule has 2 rings (SSSR count). The van der Waals surface area contributed by atoms with Gasteiger partial charge < -0.3 is 5.32 Å². The molecule has 2 aromatic heterocycles. The van der Waals surface area contributed by atoms with E-state index in [0.717, 1.165) is 5.56 Å². The standard InChI is InChI=1S/C12H9FN2OS/c13-11-3-2-10(7-14-11)15-12(16)4-1-9-5-6-17-8-9/h1-8H,(H,15,16)/b4-1+. The predicted molar refractivity (Wildman–Crippen MR) is 66.2 cm³/mol. The number of carbonyl (C=O) groups is 1. The molecule has 0 saturated heterocycles. The fourth-order valence-electron chi connectivity index (χ4n) is 1.18. The molecule has 0 spiro atoms. The van der Waals surface area contributed by atoms with Crippen LogP contribution in [-0.4, -0.2) is 10.9 Å². The van der Waals surface area contributed by atoms with Crippen molar-refractivity contribution in [2.75, 3.05) is 5.32 Å². The van der Waals surface area contributed by atoms with Crippen LogP contribution in [0.1, 0.15) is 5.56 Å². The summed E-state index contributed by atoms with van der Waals surface area (Å²) in [6, 6.07) is 4.56. The molecule has 0 unspecified atom stereocenters. The summed E-state index contributed by atoms with van der Waals surface area (Å²) >= 11 is 1.56. The van der Waals surface area contributed by atoms with Crippen molar-refractivity contribution in [3.63, 3.8) is 0 Å². The first-order chi connectivity index (χ1) is 8.24. The fourth-order valence-corrected chi connectivity index (χ4v) is 1.80. The summed E-state index contributed by atoms with van der Waals surface area (Å²) in [7, 11) is 0. The maximum absolute atomic E-state index is 12.5. The molecular formula is C12H9FN2OS. The van der Waals surface area contributed by atoms with Crippen LogP contribution < -0.4 is 5.32 Å². The summed E-state index contributed by atoms with van der Waals surface area (Å²) in [5, 5.41) is 6.45. The third kappa shape index (κ3) is 3.49. The normalized spacial score (nSPS) is 10.6. The number of carbonyl (C=O) groups excluding carboxylic acids is 1. The van der Waals surface area contributed by atoms with E-state index in [4.69, 9.17) is 0 Å². The Morgan fingerprint density at radius 3 is 2.94 bits per heavy atom. The van der Waals surface area contributed by atoms with Gasteiger partial charge >= 0.3 is 0 Å². The first-order valence-electron chi connectivity index (χ1n) is 4.87. The molecule has 0 atom stereocenters. The van der Waals surface area contributed by atoms with Crippen LogP contribution in [0.3, 0.4) is 0 Å². The predicted octanol–water partition coefficient (Wildman–Crippen LogP) is 2.93. The lowest BCUT2D eigenvalue weighted by atomic mass is 10.3. The van der Waals surface area contributed by atoms with Crippen molar-refractivity contribution in [3.05, 3.63) is 52.7 Å². The number of thiophene rings is 1. The van der Waals surface area contributed by atoms with E-state index in [-0.39, 0.29) is 5.91 Å². The number of aromatic nitrogens is 1. The van der Waals surface area contributed by atoms with Gasteiger partial charge in [0.1, 0.15) is 0 Å². The number of pyridine rings is 1. The molecule has 0 aliphatic rings. The number of amides is 1. The van der Waals surface area contributed by atoms with Gasteiger partial charge in [0.2, 0.25) is 11.9 Å². The first kappa shape index (κ1) is 11.5. The highest BCUT2D eigenvalue weighted by molar-refractivity contribution is 7.08.